The van der Waals surface area contributed by atoms with Crippen LogP contribution in [-0.4, -0.2) is 38.5 Å². The van der Waals surface area contributed by atoms with Crippen LogP contribution in [0.1, 0.15) is 35.6 Å². The summed E-state index contributed by atoms with van der Waals surface area (Å²) in [6, 6.07) is 10.7. The number of benzene rings is 1. The number of carbonyl (C=O) groups is 1. The van der Waals surface area contributed by atoms with Gasteiger partial charge in [-0.3, -0.25) is 0 Å². The fourth-order valence-corrected chi connectivity index (χ4v) is 3.44. The van der Waals surface area contributed by atoms with Crippen LogP contribution in [0.25, 0.3) is 10.9 Å². The number of nitrogens with one attached hydrogen (secondary N) is 2. The van der Waals surface area contributed by atoms with Gasteiger partial charge in [-0.25, -0.2) is 14.8 Å². The number of fused-ring (bicyclic) bond motifs is 1. The molecule has 140 valence electrons. The zero-order valence-electron chi connectivity index (χ0n) is 15.8. The molecule has 1 saturated carbocycles. The highest BCUT2D eigenvalue weighted by molar-refractivity contribution is 5.80. The van der Waals surface area contributed by atoms with Crippen LogP contribution in [-0.2, 0) is 13.0 Å². The standard InChI is InChI=1S/C21H25N5O/c1-14-11-15(2)25-20(24-14)8-10-23-21(27)26(18-4-5-18)13-16-3-6-19-17(12-16)7-9-22-19/h3,6-7,9,11-12,18,22H,4-5,8,10,13H2,1-2H3,(H,23,27). The molecule has 2 N–H and O–H groups in total. The Morgan fingerprint density at radius 2 is 1.96 bits per heavy atom. The summed E-state index contributed by atoms with van der Waals surface area (Å²) in [4.78, 5) is 26.8. The van der Waals surface area contributed by atoms with Crippen LogP contribution in [0, 0.1) is 13.8 Å². The van der Waals surface area contributed by atoms with Crippen molar-refractivity contribution >= 4 is 16.9 Å². The highest BCUT2D eigenvalue weighted by Gasteiger charge is 2.32. The predicted molar refractivity (Wildman–Crippen MR) is 105 cm³/mol. The second kappa shape index (κ2) is 7.39. The second-order valence-electron chi connectivity index (χ2n) is 7.31. The van der Waals surface area contributed by atoms with Gasteiger partial charge in [0, 0.05) is 48.7 Å². The molecule has 1 fully saturated rings. The number of hydrogen-bond donors (Lipinski definition) is 2. The zero-order valence-corrected chi connectivity index (χ0v) is 15.8. The van der Waals surface area contributed by atoms with E-state index in [4.69, 9.17) is 0 Å². The highest BCUT2D eigenvalue weighted by Crippen LogP contribution is 2.29. The molecule has 1 aromatic carbocycles. The third-order valence-electron chi connectivity index (χ3n) is 4.87. The number of hydrogen-bond acceptors (Lipinski definition) is 3. The van der Waals surface area contributed by atoms with Crippen molar-refractivity contribution in [3.63, 3.8) is 0 Å². The van der Waals surface area contributed by atoms with Gasteiger partial charge in [0.05, 0.1) is 0 Å². The topological polar surface area (TPSA) is 73.9 Å². The van der Waals surface area contributed by atoms with E-state index >= 15 is 0 Å². The molecular formula is C21H25N5O. The van der Waals surface area contributed by atoms with Gasteiger partial charge in [0.1, 0.15) is 5.82 Å². The number of carbonyl (C=O) groups excluding carboxylic acids is 1. The van der Waals surface area contributed by atoms with Crippen molar-refractivity contribution in [3.05, 3.63) is 59.3 Å². The molecule has 4 rings (SSSR count). The molecule has 1 aliphatic carbocycles. The van der Waals surface area contributed by atoms with E-state index in [2.05, 4.69) is 44.5 Å². The largest absolute Gasteiger partial charge is 0.361 e. The highest BCUT2D eigenvalue weighted by atomic mass is 16.2. The van der Waals surface area contributed by atoms with Gasteiger partial charge in [-0.15, -0.1) is 0 Å². The maximum absolute atomic E-state index is 12.7. The quantitative estimate of drug-likeness (QED) is 0.704. The van der Waals surface area contributed by atoms with Crippen LogP contribution < -0.4 is 5.32 Å². The minimum absolute atomic E-state index is 0.00367. The van der Waals surface area contributed by atoms with E-state index < -0.39 is 0 Å². The van der Waals surface area contributed by atoms with Gasteiger partial charge in [0.15, 0.2) is 0 Å². The second-order valence-corrected chi connectivity index (χ2v) is 7.31. The van der Waals surface area contributed by atoms with Gasteiger partial charge >= 0.3 is 6.03 Å². The lowest BCUT2D eigenvalue weighted by Crippen LogP contribution is -2.41. The van der Waals surface area contributed by atoms with Crippen molar-refractivity contribution in [2.24, 2.45) is 0 Å². The van der Waals surface area contributed by atoms with Gasteiger partial charge in [0.2, 0.25) is 0 Å². The van der Waals surface area contributed by atoms with Crippen molar-refractivity contribution in [2.75, 3.05) is 6.54 Å². The Hall–Kier alpha value is -2.89. The first-order valence-corrected chi connectivity index (χ1v) is 9.50. The first-order valence-electron chi connectivity index (χ1n) is 9.50. The summed E-state index contributed by atoms with van der Waals surface area (Å²) in [5.74, 6) is 0.781. The number of aromatic amines is 1. The van der Waals surface area contributed by atoms with Crippen molar-refractivity contribution in [2.45, 2.75) is 45.7 Å². The third kappa shape index (κ3) is 4.27. The summed E-state index contributed by atoms with van der Waals surface area (Å²) in [5.41, 5.74) is 4.20. The number of H-pyrrole nitrogens is 1. The molecule has 6 heteroatoms. The fraction of sp³-hybridized carbons (Fsp3) is 0.381. The molecule has 3 aromatic rings. The summed E-state index contributed by atoms with van der Waals surface area (Å²) < 4.78 is 0. The Kier molecular flexibility index (Phi) is 4.79. The molecule has 0 aliphatic heterocycles. The van der Waals surface area contributed by atoms with Gasteiger partial charge in [-0.05, 0) is 61.9 Å². The molecule has 2 heterocycles. The van der Waals surface area contributed by atoms with E-state index in [-0.39, 0.29) is 6.03 Å². The zero-order chi connectivity index (χ0) is 18.8. The monoisotopic (exact) mass is 363 g/mol. The summed E-state index contributed by atoms with van der Waals surface area (Å²) in [7, 11) is 0. The van der Waals surface area contributed by atoms with Gasteiger partial charge in [0.25, 0.3) is 0 Å². The fourth-order valence-electron chi connectivity index (χ4n) is 3.44. The maximum atomic E-state index is 12.7. The van der Waals surface area contributed by atoms with Crippen LogP contribution in [0.2, 0.25) is 0 Å². The number of rotatable bonds is 6. The number of urea groups is 1. The Labute approximate surface area is 159 Å². The number of amides is 2. The summed E-state index contributed by atoms with van der Waals surface area (Å²) in [5, 5.41) is 4.22. The lowest BCUT2D eigenvalue weighted by Gasteiger charge is -2.23. The normalized spacial score (nSPS) is 13.7. The molecule has 2 aromatic heterocycles. The summed E-state index contributed by atoms with van der Waals surface area (Å²) in [6.07, 6.45) is 4.75. The number of nitrogens with zero attached hydrogens (tertiary/aromatic N) is 3. The lowest BCUT2D eigenvalue weighted by molar-refractivity contribution is 0.192. The van der Waals surface area contributed by atoms with Crippen LogP contribution in [0.3, 0.4) is 0 Å². The molecular weight excluding hydrogens is 338 g/mol. The molecule has 6 nitrogen and oxygen atoms in total. The smallest absolute Gasteiger partial charge is 0.317 e. The molecule has 0 spiro atoms. The van der Waals surface area contributed by atoms with Crippen LogP contribution >= 0.6 is 0 Å². The van der Waals surface area contributed by atoms with Crippen molar-refractivity contribution in [3.8, 4) is 0 Å². The minimum atomic E-state index is -0.00367. The third-order valence-corrected chi connectivity index (χ3v) is 4.87. The van der Waals surface area contributed by atoms with Gasteiger partial charge in [-0.2, -0.15) is 0 Å². The summed E-state index contributed by atoms with van der Waals surface area (Å²) in [6.45, 7) is 5.11. The molecule has 27 heavy (non-hydrogen) atoms. The Morgan fingerprint density at radius 1 is 1.19 bits per heavy atom. The molecule has 2 amide bonds. The average molecular weight is 363 g/mol. The van der Waals surface area contributed by atoms with Crippen LogP contribution in [0.15, 0.2) is 36.5 Å². The van der Waals surface area contributed by atoms with E-state index in [9.17, 15) is 4.79 Å². The van der Waals surface area contributed by atoms with E-state index in [1.165, 1.54) is 5.39 Å². The molecule has 0 unspecified atom stereocenters. The Morgan fingerprint density at radius 3 is 2.70 bits per heavy atom. The molecule has 0 atom stereocenters. The number of aromatic nitrogens is 3. The van der Waals surface area contributed by atoms with E-state index in [1.54, 1.807) is 0 Å². The van der Waals surface area contributed by atoms with Crippen molar-refractivity contribution in [1.82, 2.24) is 25.2 Å². The number of aryl methyl sites for hydroxylation is 2. The first-order chi connectivity index (χ1) is 13.1. The van der Waals surface area contributed by atoms with Crippen LogP contribution in [0.4, 0.5) is 4.79 Å². The van der Waals surface area contributed by atoms with Crippen molar-refractivity contribution in [1.29, 1.82) is 0 Å². The van der Waals surface area contributed by atoms with E-state index in [0.29, 0.717) is 25.6 Å². The van der Waals surface area contributed by atoms with Crippen LogP contribution in [0.5, 0.6) is 0 Å². The van der Waals surface area contributed by atoms with Crippen molar-refractivity contribution < 1.29 is 4.79 Å². The minimum Gasteiger partial charge on any atom is -0.361 e. The summed E-state index contributed by atoms with van der Waals surface area (Å²) >= 11 is 0. The average Bonchev–Trinajstić information content (AvgIpc) is 3.35. The molecule has 0 radical (unpaired) electrons. The van der Waals surface area contributed by atoms with Gasteiger partial charge < -0.3 is 15.2 Å². The van der Waals surface area contributed by atoms with Gasteiger partial charge in [-0.1, -0.05) is 6.07 Å². The molecule has 0 bridgehead atoms. The SMILES string of the molecule is Cc1cc(C)nc(CCNC(=O)N(Cc2ccc3[nH]ccc3c2)C2CC2)n1. The lowest BCUT2D eigenvalue weighted by atomic mass is 10.1. The predicted octanol–water partition coefficient (Wildman–Crippen LogP) is 3.49. The Bertz CT molecular complexity index is 940. The van der Waals surface area contributed by atoms with E-state index in [0.717, 1.165) is 41.1 Å². The Balaban J connectivity index is 1.37. The molecule has 1 aliphatic rings. The first kappa shape index (κ1) is 17.5. The van der Waals surface area contributed by atoms with E-state index in [1.807, 2.05) is 31.0 Å². The molecule has 0 saturated heterocycles. The maximum Gasteiger partial charge on any atom is 0.317 e.